The first-order valence-corrected chi connectivity index (χ1v) is 12.6. The fourth-order valence-corrected chi connectivity index (χ4v) is 11.7. The van der Waals surface area contributed by atoms with E-state index < -0.39 is 8.32 Å². The summed E-state index contributed by atoms with van der Waals surface area (Å²) in [5.74, 6) is 0. The minimum absolute atomic E-state index is 0.533. The van der Waals surface area contributed by atoms with Gasteiger partial charge in [0.1, 0.15) is 0 Å². The summed E-state index contributed by atoms with van der Waals surface area (Å²) in [5.41, 5.74) is 2.33. The van der Waals surface area contributed by atoms with E-state index in [-0.39, 0.29) is 0 Å². The van der Waals surface area contributed by atoms with Gasteiger partial charge in [0.2, 0.25) is 8.32 Å². The maximum Gasteiger partial charge on any atom is 0.239 e. The molecule has 4 heteroatoms. The zero-order valence-corrected chi connectivity index (χ0v) is 18.0. The molecule has 0 aliphatic carbocycles. The van der Waals surface area contributed by atoms with Gasteiger partial charge in [-0.25, -0.2) is 0 Å². The van der Waals surface area contributed by atoms with Gasteiger partial charge >= 0.3 is 0 Å². The van der Waals surface area contributed by atoms with Crippen LogP contribution in [0.1, 0.15) is 33.3 Å². The molecule has 0 saturated heterocycles. The largest absolute Gasteiger partial charge is 0.407 e. The van der Waals surface area contributed by atoms with Gasteiger partial charge in [-0.05, 0) is 40.2 Å². The van der Waals surface area contributed by atoms with E-state index in [0.29, 0.717) is 17.7 Å². The van der Waals surface area contributed by atoms with Crippen LogP contribution in [0.4, 0.5) is 0 Å². The summed E-state index contributed by atoms with van der Waals surface area (Å²) >= 11 is 3.75. The molecule has 25 heavy (non-hydrogen) atoms. The van der Waals surface area contributed by atoms with E-state index in [1.165, 1.54) is 19.8 Å². The molecular formula is C21H26OS2Si. The molecule has 2 aromatic heterocycles. The van der Waals surface area contributed by atoms with Crippen molar-refractivity contribution < 1.29 is 4.43 Å². The monoisotopic (exact) mass is 386 g/mol. The molecule has 1 nitrogen and oxygen atoms in total. The van der Waals surface area contributed by atoms with Crippen LogP contribution in [0.15, 0.2) is 60.0 Å². The third-order valence-electron chi connectivity index (χ3n) is 4.79. The Hall–Kier alpha value is -1.20. The summed E-state index contributed by atoms with van der Waals surface area (Å²) in [5, 5.41) is 2.15. The molecule has 0 N–H and O–H groups in total. The molecule has 0 saturated carbocycles. The zero-order chi connectivity index (χ0) is 17.9. The number of rotatable bonds is 7. The molecule has 0 amide bonds. The Kier molecular flexibility index (Phi) is 5.95. The second-order valence-electron chi connectivity index (χ2n) is 7.02. The third kappa shape index (κ3) is 3.82. The lowest BCUT2D eigenvalue weighted by molar-refractivity contribution is 0.283. The standard InChI is InChI=1S/C21H26OS2Si/c1-16(2)25(17(3)4,22-15-18-9-6-5-7-10-18)21-13-12-20(24-21)19-11-8-14-23-19/h5-14,16-17H,15H2,1-4H3. The van der Waals surface area contributed by atoms with Crippen LogP contribution < -0.4 is 4.50 Å². The SMILES string of the molecule is CC(C)[Si](OCc1ccccc1)(c1ccc(-c2cccs2)s1)C(C)C. The van der Waals surface area contributed by atoms with Crippen molar-refractivity contribution in [2.75, 3.05) is 0 Å². The zero-order valence-electron chi connectivity index (χ0n) is 15.4. The van der Waals surface area contributed by atoms with E-state index in [1.54, 1.807) is 0 Å². The minimum Gasteiger partial charge on any atom is -0.407 e. The van der Waals surface area contributed by atoms with Crippen LogP contribution >= 0.6 is 22.7 Å². The number of hydrogen-bond donors (Lipinski definition) is 0. The quantitative estimate of drug-likeness (QED) is 0.412. The van der Waals surface area contributed by atoms with E-state index in [9.17, 15) is 0 Å². The molecule has 0 bridgehead atoms. The van der Waals surface area contributed by atoms with Crippen molar-refractivity contribution in [1.82, 2.24) is 0 Å². The number of benzene rings is 1. The Morgan fingerprint density at radius 3 is 2.16 bits per heavy atom. The van der Waals surface area contributed by atoms with Crippen molar-refractivity contribution in [3.63, 3.8) is 0 Å². The first kappa shape index (κ1) is 18.6. The molecule has 0 aliphatic heterocycles. The predicted molar refractivity (Wildman–Crippen MR) is 114 cm³/mol. The summed E-state index contributed by atoms with van der Waals surface area (Å²) in [6, 6.07) is 19.5. The average Bonchev–Trinajstić information content (AvgIpc) is 3.27. The molecule has 132 valence electrons. The fraction of sp³-hybridized carbons (Fsp3) is 0.333. The second-order valence-corrected chi connectivity index (χ2v) is 14.1. The Labute approximate surface area is 160 Å². The van der Waals surface area contributed by atoms with Gasteiger partial charge in [-0.3, -0.25) is 0 Å². The summed E-state index contributed by atoms with van der Waals surface area (Å²) < 4.78 is 8.28. The van der Waals surface area contributed by atoms with Crippen LogP contribution in [0.5, 0.6) is 0 Å². The van der Waals surface area contributed by atoms with E-state index in [1.807, 2.05) is 22.7 Å². The summed E-state index contributed by atoms with van der Waals surface area (Å²) in [6.07, 6.45) is 0. The van der Waals surface area contributed by atoms with E-state index in [2.05, 4.69) is 87.7 Å². The van der Waals surface area contributed by atoms with Crippen LogP contribution in [0, 0.1) is 0 Å². The van der Waals surface area contributed by atoms with Gasteiger partial charge in [-0.1, -0.05) is 64.1 Å². The second kappa shape index (κ2) is 8.00. The number of hydrogen-bond acceptors (Lipinski definition) is 3. The van der Waals surface area contributed by atoms with Gasteiger partial charge in [-0.2, -0.15) is 0 Å². The van der Waals surface area contributed by atoms with Crippen molar-refractivity contribution >= 4 is 35.5 Å². The normalized spacial score (nSPS) is 12.2. The molecule has 0 atom stereocenters. The van der Waals surface area contributed by atoms with Gasteiger partial charge in [0.25, 0.3) is 0 Å². The summed E-state index contributed by atoms with van der Waals surface area (Å²) in [4.78, 5) is 2.72. The molecule has 0 spiro atoms. The Morgan fingerprint density at radius 2 is 1.56 bits per heavy atom. The van der Waals surface area contributed by atoms with Crippen molar-refractivity contribution in [2.45, 2.75) is 45.4 Å². The lowest BCUT2D eigenvalue weighted by atomic mass is 10.2. The topological polar surface area (TPSA) is 9.23 Å². The average molecular weight is 387 g/mol. The van der Waals surface area contributed by atoms with Gasteiger partial charge in [0, 0.05) is 14.3 Å². The Bertz CT molecular complexity index is 767. The molecule has 0 unspecified atom stereocenters. The molecule has 3 aromatic rings. The van der Waals surface area contributed by atoms with Crippen LogP contribution in [0.25, 0.3) is 9.75 Å². The van der Waals surface area contributed by atoms with Gasteiger partial charge in [0.05, 0.1) is 6.61 Å². The Morgan fingerprint density at radius 1 is 0.840 bits per heavy atom. The molecule has 0 aliphatic rings. The third-order valence-corrected chi connectivity index (χ3v) is 13.0. The first-order chi connectivity index (χ1) is 12.0. The van der Waals surface area contributed by atoms with E-state index in [4.69, 9.17) is 4.43 Å². The van der Waals surface area contributed by atoms with E-state index in [0.717, 1.165) is 0 Å². The number of thiophene rings is 2. The van der Waals surface area contributed by atoms with E-state index >= 15 is 0 Å². The highest BCUT2D eigenvalue weighted by atomic mass is 32.1. The van der Waals surface area contributed by atoms with Gasteiger partial charge in [0.15, 0.2) is 0 Å². The van der Waals surface area contributed by atoms with Crippen molar-refractivity contribution in [3.05, 3.63) is 65.5 Å². The molecule has 0 radical (unpaired) electrons. The highest BCUT2D eigenvalue weighted by molar-refractivity contribution is 7.30. The minimum atomic E-state index is -2.08. The summed E-state index contributed by atoms with van der Waals surface area (Å²) in [6.45, 7) is 10.0. The maximum absolute atomic E-state index is 6.81. The van der Waals surface area contributed by atoms with Crippen molar-refractivity contribution in [1.29, 1.82) is 0 Å². The predicted octanol–water partition coefficient (Wildman–Crippen LogP) is 6.67. The Balaban J connectivity index is 1.94. The maximum atomic E-state index is 6.81. The molecular weight excluding hydrogens is 360 g/mol. The highest BCUT2D eigenvalue weighted by Crippen LogP contribution is 2.38. The molecule has 3 rings (SSSR count). The van der Waals surface area contributed by atoms with Gasteiger partial charge in [-0.15, -0.1) is 22.7 Å². The van der Waals surface area contributed by atoms with Crippen molar-refractivity contribution in [2.24, 2.45) is 0 Å². The lowest BCUT2D eigenvalue weighted by Gasteiger charge is -2.38. The van der Waals surface area contributed by atoms with Crippen molar-refractivity contribution in [3.8, 4) is 9.75 Å². The highest BCUT2D eigenvalue weighted by Gasteiger charge is 2.45. The van der Waals surface area contributed by atoms with Crippen LogP contribution in [0.3, 0.4) is 0 Å². The van der Waals surface area contributed by atoms with Crippen LogP contribution in [-0.2, 0) is 11.0 Å². The molecule has 1 aromatic carbocycles. The summed E-state index contributed by atoms with van der Waals surface area (Å²) in [7, 11) is -2.08. The fourth-order valence-electron chi connectivity index (χ4n) is 3.52. The smallest absolute Gasteiger partial charge is 0.239 e. The van der Waals surface area contributed by atoms with Crippen LogP contribution in [0.2, 0.25) is 11.1 Å². The molecule has 0 fully saturated rings. The van der Waals surface area contributed by atoms with Crippen LogP contribution in [-0.4, -0.2) is 8.32 Å². The molecule has 2 heterocycles. The lowest BCUT2D eigenvalue weighted by Crippen LogP contribution is -2.54. The van der Waals surface area contributed by atoms with Gasteiger partial charge < -0.3 is 4.43 Å². The first-order valence-electron chi connectivity index (χ1n) is 8.86.